The molecule has 0 saturated heterocycles. The molecule has 0 saturated carbocycles. The highest BCUT2D eigenvalue weighted by Crippen LogP contribution is 2.16. The van der Waals surface area contributed by atoms with Crippen LogP contribution in [0.15, 0.2) is 17.0 Å². The third kappa shape index (κ3) is 2.34. The summed E-state index contributed by atoms with van der Waals surface area (Å²) in [4.78, 5) is 12.8. The second kappa shape index (κ2) is 4.81. The first-order chi connectivity index (χ1) is 9.24. The molecule has 3 rings (SSSR count). The molecule has 3 aromatic rings. The SMILES string of the molecule is Nn1ncn2c(SCC(=O)Nc3nncs3)nnc12. The van der Waals surface area contributed by atoms with E-state index in [-0.39, 0.29) is 11.7 Å². The van der Waals surface area contributed by atoms with Gasteiger partial charge in [0.15, 0.2) is 5.16 Å². The Kier molecular flexibility index (Phi) is 3.00. The first-order valence-electron chi connectivity index (χ1n) is 4.96. The van der Waals surface area contributed by atoms with E-state index in [1.807, 2.05) is 0 Å². The monoisotopic (exact) mass is 297 g/mol. The molecule has 1 amide bonds. The molecular formula is C7H7N9OS2. The number of carbonyl (C=O) groups is 1. The van der Waals surface area contributed by atoms with Crippen LogP contribution in [0.1, 0.15) is 0 Å². The number of thioether (sulfide) groups is 1. The van der Waals surface area contributed by atoms with Crippen LogP contribution in [0.5, 0.6) is 0 Å². The lowest BCUT2D eigenvalue weighted by molar-refractivity contribution is -0.113. The van der Waals surface area contributed by atoms with Gasteiger partial charge in [-0.15, -0.1) is 30.3 Å². The van der Waals surface area contributed by atoms with Crippen LogP contribution in [-0.4, -0.2) is 46.3 Å². The van der Waals surface area contributed by atoms with Crippen LogP contribution >= 0.6 is 23.1 Å². The Morgan fingerprint density at radius 1 is 1.47 bits per heavy atom. The number of nitrogens with zero attached hydrogens (tertiary/aromatic N) is 7. The van der Waals surface area contributed by atoms with E-state index in [4.69, 9.17) is 5.84 Å². The van der Waals surface area contributed by atoms with Gasteiger partial charge in [-0.25, -0.2) is 4.40 Å². The molecule has 0 radical (unpaired) electrons. The van der Waals surface area contributed by atoms with Crippen LogP contribution in [0, 0.1) is 0 Å². The molecule has 98 valence electrons. The molecule has 0 aliphatic carbocycles. The lowest BCUT2D eigenvalue weighted by Gasteiger charge is -1.98. The highest BCUT2D eigenvalue weighted by molar-refractivity contribution is 7.99. The average Bonchev–Trinajstić information content (AvgIpc) is 3.07. The second-order valence-electron chi connectivity index (χ2n) is 3.31. The van der Waals surface area contributed by atoms with E-state index in [9.17, 15) is 4.79 Å². The van der Waals surface area contributed by atoms with Gasteiger partial charge in [0.25, 0.3) is 5.78 Å². The molecule has 3 aromatic heterocycles. The predicted octanol–water partition coefficient (Wildman–Crippen LogP) is -0.778. The van der Waals surface area contributed by atoms with Crippen molar-refractivity contribution in [3.63, 3.8) is 0 Å². The fraction of sp³-hybridized carbons (Fsp3) is 0.143. The maximum Gasteiger partial charge on any atom is 0.273 e. The molecule has 0 aliphatic rings. The molecule has 3 heterocycles. The summed E-state index contributed by atoms with van der Waals surface area (Å²) in [5, 5.41) is 22.6. The number of nitrogens with two attached hydrogens (primary N) is 1. The van der Waals surface area contributed by atoms with Crippen molar-refractivity contribution in [2.24, 2.45) is 0 Å². The minimum atomic E-state index is -0.196. The zero-order valence-corrected chi connectivity index (χ0v) is 10.9. The molecular weight excluding hydrogens is 290 g/mol. The molecule has 0 fully saturated rings. The Hall–Kier alpha value is -2.21. The van der Waals surface area contributed by atoms with Crippen molar-refractivity contribution in [1.29, 1.82) is 0 Å². The number of carbonyl (C=O) groups excluding carboxylic acids is 1. The van der Waals surface area contributed by atoms with Crippen molar-refractivity contribution < 1.29 is 4.79 Å². The molecule has 0 unspecified atom stereocenters. The molecule has 12 heteroatoms. The summed E-state index contributed by atoms with van der Waals surface area (Å²) in [5.41, 5.74) is 1.54. The Bertz CT molecular complexity index is 701. The number of nitrogen functional groups attached to an aromatic ring is 1. The Labute approximate surface area is 114 Å². The van der Waals surface area contributed by atoms with Crippen LogP contribution in [0.3, 0.4) is 0 Å². The summed E-state index contributed by atoms with van der Waals surface area (Å²) in [6, 6.07) is 0. The summed E-state index contributed by atoms with van der Waals surface area (Å²) in [6.45, 7) is 0. The molecule has 19 heavy (non-hydrogen) atoms. The summed E-state index contributed by atoms with van der Waals surface area (Å²) in [6.07, 6.45) is 1.49. The minimum absolute atomic E-state index is 0.177. The number of hydrogen-bond acceptors (Lipinski definition) is 9. The second-order valence-corrected chi connectivity index (χ2v) is 5.08. The number of amides is 1. The fourth-order valence-electron chi connectivity index (χ4n) is 1.30. The summed E-state index contributed by atoms with van der Waals surface area (Å²) in [5.74, 6) is 5.91. The van der Waals surface area contributed by atoms with E-state index >= 15 is 0 Å². The average molecular weight is 297 g/mol. The van der Waals surface area contributed by atoms with E-state index < -0.39 is 0 Å². The van der Waals surface area contributed by atoms with E-state index in [1.165, 1.54) is 29.4 Å². The van der Waals surface area contributed by atoms with Crippen LogP contribution in [-0.2, 0) is 4.79 Å². The van der Waals surface area contributed by atoms with Gasteiger partial charge in [0.1, 0.15) is 11.8 Å². The first kappa shape index (κ1) is 11.9. The lowest BCUT2D eigenvalue weighted by atomic mass is 10.7. The molecule has 0 spiro atoms. The van der Waals surface area contributed by atoms with Gasteiger partial charge >= 0.3 is 0 Å². The first-order valence-corrected chi connectivity index (χ1v) is 6.83. The number of fused-ring (bicyclic) bond motifs is 1. The molecule has 3 N–H and O–H groups in total. The molecule has 0 atom stereocenters. The van der Waals surface area contributed by atoms with Crippen molar-refractivity contribution >= 4 is 39.9 Å². The highest BCUT2D eigenvalue weighted by Gasteiger charge is 2.12. The molecule has 10 nitrogen and oxygen atoms in total. The van der Waals surface area contributed by atoms with Gasteiger partial charge in [-0.05, 0) is 0 Å². The van der Waals surface area contributed by atoms with Crippen LogP contribution in [0.4, 0.5) is 5.13 Å². The molecule has 0 bridgehead atoms. The van der Waals surface area contributed by atoms with Crippen molar-refractivity contribution in [3.8, 4) is 0 Å². The van der Waals surface area contributed by atoms with Gasteiger partial charge in [0, 0.05) is 0 Å². The van der Waals surface area contributed by atoms with E-state index in [1.54, 1.807) is 9.91 Å². The fourth-order valence-corrected chi connectivity index (χ4v) is 2.46. The number of rotatable bonds is 4. The number of nitrogens with one attached hydrogen (secondary N) is 1. The number of hydrogen-bond donors (Lipinski definition) is 2. The normalized spacial score (nSPS) is 10.9. The smallest absolute Gasteiger partial charge is 0.273 e. The Balaban J connectivity index is 1.64. The topological polar surface area (TPSA) is 129 Å². The number of anilines is 1. The standard InChI is InChI=1S/C7H7N9OS2/c8-16-6-13-14-7(15(6)2-10-16)18-1-4(17)11-5-12-9-3-19-5/h2-3H,1,8H2,(H,11,12,17). The van der Waals surface area contributed by atoms with E-state index in [0.717, 1.165) is 4.79 Å². The maximum absolute atomic E-state index is 11.7. The largest absolute Gasteiger partial charge is 0.320 e. The van der Waals surface area contributed by atoms with Crippen LogP contribution in [0.2, 0.25) is 0 Å². The molecule has 0 aromatic carbocycles. The van der Waals surface area contributed by atoms with Gasteiger partial charge in [-0.2, -0.15) is 0 Å². The van der Waals surface area contributed by atoms with E-state index in [0.29, 0.717) is 16.1 Å². The third-order valence-corrected chi connectivity index (χ3v) is 3.63. The number of aromatic nitrogens is 7. The van der Waals surface area contributed by atoms with E-state index in [2.05, 4.69) is 30.8 Å². The summed E-state index contributed by atoms with van der Waals surface area (Å²) >= 11 is 2.48. The maximum atomic E-state index is 11.7. The minimum Gasteiger partial charge on any atom is -0.320 e. The quantitative estimate of drug-likeness (QED) is 0.474. The zero-order valence-electron chi connectivity index (χ0n) is 9.29. The Morgan fingerprint density at radius 3 is 3.16 bits per heavy atom. The summed E-state index contributed by atoms with van der Waals surface area (Å²) in [7, 11) is 0. The summed E-state index contributed by atoms with van der Waals surface area (Å²) < 4.78 is 1.60. The highest BCUT2D eigenvalue weighted by atomic mass is 32.2. The van der Waals surface area contributed by atoms with Crippen molar-refractivity contribution in [3.05, 3.63) is 11.8 Å². The van der Waals surface area contributed by atoms with Crippen molar-refractivity contribution in [2.45, 2.75) is 5.16 Å². The predicted molar refractivity (Wildman–Crippen MR) is 68.2 cm³/mol. The van der Waals surface area contributed by atoms with Gasteiger partial charge in [-0.1, -0.05) is 23.1 Å². The van der Waals surface area contributed by atoms with Gasteiger partial charge < -0.3 is 5.84 Å². The zero-order chi connectivity index (χ0) is 13.2. The van der Waals surface area contributed by atoms with Gasteiger partial charge in [0.2, 0.25) is 11.0 Å². The van der Waals surface area contributed by atoms with Crippen molar-refractivity contribution in [1.82, 2.24) is 34.7 Å². The third-order valence-electron chi connectivity index (χ3n) is 2.08. The van der Waals surface area contributed by atoms with Crippen LogP contribution < -0.4 is 11.2 Å². The van der Waals surface area contributed by atoms with Crippen molar-refractivity contribution in [2.75, 3.05) is 16.9 Å². The van der Waals surface area contributed by atoms with Gasteiger partial charge in [0.05, 0.1) is 5.75 Å². The van der Waals surface area contributed by atoms with Crippen LogP contribution in [0.25, 0.3) is 5.78 Å². The molecule has 0 aliphatic heterocycles. The Morgan fingerprint density at radius 2 is 2.37 bits per heavy atom. The lowest BCUT2D eigenvalue weighted by Crippen LogP contribution is -2.14. The van der Waals surface area contributed by atoms with Gasteiger partial charge in [-0.3, -0.25) is 10.1 Å².